The first kappa shape index (κ1) is 25.4. The number of aryl methyl sites for hydroxylation is 1. The number of rotatable bonds is 8. The fraction of sp³-hybridized carbons (Fsp3) is 0.160. The van der Waals surface area contributed by atoms with E-state index in [-0.39, 0.29) is 21.8 Å². The molecule has 0 aliphatic rings. The number of nitrogens with zero attached hydrogens (tertiary/aromatic N) is 1. The van der Waals surface area contributed by atoms with E-state index >= 15 is 0 Å². The van der Waals surface area contributed by atoms with Gasteiger partial charge in [-0.25, -0.2) is 13.2 Å². The number of anilines is 1. The van der Waals surface area contributed by atoms with Crippen molar-refractivity contribution >= 4 is 33.5 Å². The van der Waals surface area contributed by atoms with E-state index in [0.29, 0.717) is 5.69 Å². The Morgan fingerprint density at radius 1 is 0.943 bits per heavy atom. The average molecular weight is 497 g/mol. The van der Waals surface area contributed by atoms with Crippen LogP contribution < -0.4 is 14.4 Å². The van der Waals surface area contributed by atoms with Crippen LogP contribution in [0, 0.1) is 6.92 Å². The smallest absolute Gasteiger partial charge is 0.338 e. The van der Waals surface area contributed by atoms with E-state index in [1.54, 1.807) is 42.5 Å². The molecule has 3 aromatic carbocycles. The molecule has 0 saturated carbocycles. The summed E-state index contributed by atoms with van der Waals surface area (Å²) in [6.07, 6.45) is 0. The Hall–Kier alpha value is -4.18. The summed E-state index contributed by atoms with van der Waals surface area (Å²) in [4.78, 5) is 36.7. The number of esters is 1. The molecule has 1 N–H and O–H groups in total. The molecule has 182 valence electrons. The minimum atomic E-state index is -3.96. The van der Waals surface area contributed by atoms with Crippen LogP contribution in [0.2, 0.25) is 0 Å². The minimum Gasteiger partial charge on any atom is -0.496 e. The first-order chi connectivity index (χ1) is 16.6. The van der Waals surface area contributed by atoms with Gasteiger partial charge < -0.3 is 9.47 Å². The first-order valence-electron chi connectivity index (χ1n) is 10.4. The molecule has 0 unspecified atom stereocenters. The van der Waals surface area contributed by atoms with Crippen LogP contribution in [0.15, 0.2) is 77.7 Å². The highest BCUT2D eigenvalue weighted by Gasteiger charge is 2.23. The van der Waals surface area contributed by atoms with E-state index in [0.717, 1.165) is 9.87 Å². The van der Waals surface area contributed by atoms with Crippen LogP contribution in [-0.4, -0.2) is 47.0 Å². The van der Waals surface area contributed by atoms with Crippen LogP contribution in [-0.2, 0) is 19.6 Å². The van der Waals surface area contributed by atoms with Crippen LogP contribution in [0.3, 0.4) is 0 Å². The molecule has 0 spiro atoms. The summed E-state index contributed by atoms with van der Waals surface area (Å²) < 4.78 is 37.2. The summed E-state index contributed by atoms with van der Waals surface area (Å²) in [6.45, 7) is 1.15. The number of carbonyl (C=O) groups excluding carboxylic acids is 3. The molecule has 0 atom stereocenters. The Kier molecular flexibility index (Phi) is 7.87. The number of imide groups is 1. The highest BCUT2D eigenvalue weighted by molar-refractivity contribution is 7.92. The maximum Gasteiger partial charge on any atom is 0.338 e. The summed E-state index contributed by atoms with van der Waals surface area (Å²) in [5, 5.41) is 2.11. The van der Waals surface area contributed by atoms with Crippen LogP contribution in [0.25, 0.3) is 0 Å². The molecule has 3 aromatic rings. The van der Waals surface area contributed by atoms with Crippen LogP contribution in [0.4, 0.5) is 5.69 Å². The number of carbonyl (C=O) groups is 3. The monoisotopic (exact) mass is 496 g/mol. The fourth-order valence-electron chi connectivity index (χ4n) is 3.11. The largest absolute Gasteiger partial charge is 0.496 e. The van der Waals surface area contributed by atoms with Gasteiger partial charge in [0.2, 0.25) is 0 Å². The van der Waals surface area contributed by atoms with Gasteiger partial charge in [-0.15, -0.1) is 0 Å². The van der Waals surface area contributed by atoms with Gasteiger partial charge in [0.15, 0.2) is 6.61 Å². The number of amides is 2. The molecular formula is C25H24N2O7S. The van der Waals surface area contributed by atoms with Gasteiger partial charge in [0.25, 0.3) is 21.8 Å². The van der Waals surface area contributed by atoms with Crippen molar-refractivity contribution in [2.45, 2.75) is 11.8 Å². The van der Waals surface area contributed by atoms with Crippen molar-refractivity contribution in [3.05, 3.63) is 89.5 Å². The van der Waals surface area contributed by atoms with E-state index in [2.05, 4.69) is 5.32 Å². The van der Waals surface area contributed by atoms with Gasteiger partial charge >= 0.3 is 5.97 Å². The molecule has 10 heteroatoms. The van der Waals surface area contributed by atoms with Crippen molar-refractivity contribution in [2.24, 2.45) is 0 Å². The van der Waals surface area contributed by atoms with Crippen molar-refractivity contribution in [1.29, 1.82) is 0 Å². The predicted octanol–water partition coefficient (Wildman–Crippen LogP) is 2.94. The van der Waals surface area contributed by atoms with Gasteiger partial charge in [0.05, 0.1) is 28.8 Å². The maximum absolute atomic E-state index is 13.0. The van der Waals surface area contributed by atoms with Gasteiger partial charge in [-0.1, -0.05) is 35.9 Å². The third kappa shape index (κ3) is 6.04. The second-order valence-electron chi connectivity index (χ2n) is 7.49. The van der Waals surface area contributed by atoms with Gasteiger partial charge in [0.1, 0.15) is 5.75 Å². The molecular weight excluding hydrogens is 472 g/mol. The SMILES string of the molecule is COc1ccccc1C(=O)NC(=O)COC(=O)c1cccc(S(=O)(=O)N(C)c2ccc(C)cc2)c1. The summed E-state index contributed by atoms with van der Waals surface area (Å²) >= 11 is 0. The molecule has 2 amide bonds. The Balaban J connectivity index is 1.66. The summed E-state index contributed by atoms with van der Waals surface area (Å²) in [5.74, 6) is -2.20. The lowest BCUT2D eigenvalue weighted by Crippen LogP contribution is -2.34. The van der Waals surface area contributed by atoms with E-state index in [4.69, 9.17) is 9.47 Å². The number of sulfonamides is 1. The molecule has 0 fully saturated rings. The average Bonchev–Trinajstić information content (AvgIpc) is 2.87. The molecule has 0 radical (unpaired) electrons. The number of benzene rings is 3. The molecule has 0 aliphatic carbocycles. The van der Waals surface area contributed by atoms with Crippen molar-refractivity contribution in [1.82, 2.24) is 5.32 Å². The van der Waals surface area contributed by atoms with Gasteiger partial charge in [-0.05, 0) is 49.4 Å². The number of ether oxygens (including phenoxy) is 2. The molecule has 35 heavy (non-hydrogen) atoms. The summed E-state index contributed by atoms with van der Waals surface area (Å²) in [5.41, 5.74) is 1.52. The first-order valence-corrected chi connectivity index (χ1v) is 11.9. The number of para-hydroxylation sites is 1. The van der Waals surface area contributed by atoms with Gasteiger partial charge in [-0.2, -0.15) is 0 Å². The molecule has 3 rings (SSSR count). The van der Waals surface area contributed by atoms with Crippen LogP contribution >= 0.6 is 0 Å². The molecule has 0 aromatic heterocycles. The molecule has 0 saturated heterocycles. The topological polar surface area (TPSA) is 119 Å². The highest BCUT2D eigenvalue weighted by Crippen LogP contribution is 2.23. The number of hydrogen-bond donors (Lipinski definition) is 1. The van der Waals surface area contributed by atoms with E-state index in [1.807, 2.05) is 6.92 Å². The number of nitrogens with one attached hydrogen (secondary N) is 1. The number of methoxy groups -OCH3 is 1. The molecule has 9 nitrogen and oxygen atoms in total. The Morgan fingerprint density at radius 2 is 1.63 bits per heavy atom. The summed E-state index contributed by atoms with van der Waals surface area (Å²) in [6, 6.07) is 18.6. The lowest BCUT2D eigenvalue weighted by Gasteiger charge is -2.20. The second-order valence-corrected chi connectivity index (χ2v) is 9.46. The zero-order chi connectivity index (χ0) is 25.6. The van der Waals surface area contributed by atoms with Crippen LogP contribution in [0.5, 0.6) is 5.75 Å². The Bertz CT molecular complexity index is 1350. The van der Waals surface area contributed by atoms with E-state index in [9.17, 15) is 22.8 Å². The maximum atomic E-state index is 13.0. The van der Waals surface area contributed by atoms with E-state index in [1.165, 1.54) is 44.5 Å². The Morgan fingerprint density at radius 3 is 2.31 bits per heavy atom. The normalized spacial score (nSPS) is 10.8. The lowest BCUT2D eigenvalue weighted by atomic mass is 10.2. The van der Waals surface area contributed by atoms with Gasteiger partial charge in [-0.3, -0.25) is 19.2 Å². The van der Waals surface area contributed by atoms with Crippen molar-refractivity contribution in [2.75, 3.05) is 25.1 Å². The lowest BCUT2D eigenvalue weighted by molar-refractivity contribution is -0.123. The highest BCUT2D eigenvalue weighted by atomic mass is 32.2. The summed E-state index contributed by atoms with van der Waals surface area (Å²) in [7, 11) is -1.15. The third-order valence-corrected chi connectivity index (χ3v) is 6.85. The molecule has 0 bridgehead atoms. The number of hydrogen-bond acceptors (Lipinski definition) is 7. The molecule has 0 aliphatic heterocycles. The Labute approximate surface area is 203 Å². The standard InChI is InChI=1S/C25H24N2O7S/c1-17-11-13-19(14-12-17)27(2)35(31,32)20-8-6-7-18(15-20)25(30)34-16-23(28)26-24(29)21-9-4-5-10-22(21)33-3/h4-15H,16H2,1-3H3,(H,26,28,29). The second kappa shape index (κ2) is 10.8. The third-order valence-electron chi connectivity index (χ3n) is 5.06. The van der Waals surface area contributed by atoms with E-state index < -0.39 is 34.4 Å². The zero-order valence-corrected chi connectivity index (χ0v) is 20.2. The zero-order valence-electron chi connectivity index (χ0n) is 19.3. The quantitative estimate of drug-likeness (QED) is 0.476. The fourth-order valence-corrected chi connectivity index (χ4v) is 4.35. The van der Waals surface area contributed by atoms with Crippen molar-refractivity contribution in [3.8, 4) is 5.75 Å². The van der Waals surface area contributed by atoms with Gasteiger partial charge in [0, 0.05) is 7.05 Å². The molecule has 0 heterocycles. The van der Waals surface area contributed by atoms with Crippen molar-refractivity contribution in [3.63, 3.8) is 0 Å². The predicted molar refractivity (Wildman–Crippen MR) is 129 cm³/mol. The van der Waals surface area contributed by atoms with Crippen LogP contribution in [0.1, 0.15) is 26.3 Å². The minimum absolute atomic E-state index is 0.0627. The van der Waals surface area contributed by atoms with Crippen molar-refractivity contribution < 1.29 is 32.3 Å².